The van der Waals surface area contributed by atoms with Crippen molar-refractivity contribution in [3.8, 4) is 5.75 Å². The first-order valence-corrected chi connectivity index (χ1v) is 12.6. The van der Waals surface area contributed by atoms with Gasteiger partial charge in [0.2, 0.25) is 10.0 Å². The molecule has 1 aliphatic rings. The highest BCUT2D eigenvalue weighted by Crippen LogP contribution is 2.29. The molecule has 0 unspecified atom stereocenters. The second kappa shape index (κ2) is 8.33. The number of sulfonamides is 2. The van der Waals surface area contributed by atoms with Crippen molar-refractivity contribution in [2.45, 2.75) is 22.8 Å². The van der Waals surface area contributed by atoms with E-state index in [9.17, 15) is 16.8 Å². The number of benzene rings is 3. The number of fused-ring (bicyclic) bond motifs is 1. The monoisotopic (exact) mass is 458 g/mol. The molecule has 1 N–H and O–H groups in total. The highest BCUT2D eigenvalue weighted by atomic mass is 32.2. The number of ether oxygens (including phenoxy) is 1. The van der Waals surface area contributed by atoms with Crippen molar-refractivity contribution in [2.24, 2.45) is 0 Å². The number of methoxy groups -OCH3 is 1. The third-order valence-electron chi connectivity index (χ3n) is 5.18. The van der Waals surface area contributed by atoms with Crippen LogP contribution in [0.25, 0.3) is 0 Å². The standard InChI is InChI=1S/C22H22N2O5S2/c1-29-21-9-5-6-10-22(21)30(25,26)23-19-12-11-17-13-14-24(16-18(17)15-19)31(27,28)20-7-3-2-4-8-20/h2-12,15,23H,13-14,16H2,1H3. The quantitative estimate of drug-likeness (QED) is 0.612. The first kappa shape index (κ1) is 21.4. The molecule has 0 aliphatic carbocycles. The minimum absolute atomic E-state index is 0.0310. The van der Waals surface area contributed by atoms with Gasteiger partial charge in [-0.3, -0.25) is 4.72 Å². The molecule has 7 nitrogen and oxygen atoms in total. The molecule has 4 rings (SSSR count). The third kappa shape index (κ3) is 4.30. The van der Waals surface area contributed by atoms with Crippen molar-refractivity contribution in [1.82, 2.24) is 4.31 Å². The molecule has 0 bridgehead atoms. The minimum atomic E-state index is -3.87. The van der Waals surface area contributed by atoms with Gasteiger partial charge in [-0.1, -0.05) is 36.4 Å². The SMILES string of the molecule is COc1ccccc1S(=O)(=O)Nc1ccc2c(c1)CN(S(=O)(=O)c1ccccc1)CC2. The van der Waals surface area contributed by atoms with E-state index in [2.05, 4.69) is 4.72 Å². The summed E-state index contributed by atoms with van der Waals surface area (Å²) >= 11 is 0. The molecule has 0 atom stereocenters. The van der Waals surface area contributed by atoms with E-state index in [1.54, 1.807) is 60.7 Å². The lowest BCUT2D eigenvalue weighted by Crippen LogP contribution is -2.36. The summed E-state index contributed by atoms with van der Waals surface area (Å²) in [5.41, 5.74) is 2.13. The van der Waals surface area contributed by atoms with E-state index in [4.69, 9.17) is 4.74 Å². The van der Waals surface area contributed by atoms with Crippen LogP contribution in [0.4, 0.5) is 5.69 Å². The molecule has 3 aromatic rings. The van der Waals surface area contributed by atoms with Crippen molar-refractivity contribution in [3.63, 3.8) is 0 Å². The Hall–Kier alpha value is -2.88. The highest BCUT2D eigenvalue weighted by molar-refractivity contribution is 7.92. The number of para-hydroxylation sites is 1. The molecule has 0 spiro atoms. The van der Waals surface area contributed by atoms with Crippen molar-refractivity contribution in [2.75, 3.05) is 18.4 Å². The Balaban J connectivity index is 1.60. The second-order valence-corrected chi connectivity index (χ2v) is 10.7. The van der Waals surface area contributed by atoms with Gasteiger partial charge in [0.15, 0.2) is 0 Å². The van der Waals surface area contributed by atoms with Crippen LogP contribution < -0.4 is 9.46 Å². The molecule has 1 heterocycles. The molecule has 0 saturated heterocycles. The van der Waals surface area contributed by atoms with Crippen LogP contribution in [-0.4, -0.2) is 34.8 Å². The Labute approximate surface area is 182 Å². The normalized spacial score (nSPS) is 14.6. The zero-order chi connectivity index (χ0) is 22.1. The Morgan fingerprint density at radius 1 is 0.871 bits per heavy atom. The van der Waals surface area contributed by atoms with Crippen LogP contribution in [0.2, 0.25) is 0 Å². The maximum absolute atomic E-state index is 13.0. The lowest BCUT2D eigenvalue weighted by atomic mass is 10.0. The average Bonchev–Trinajstić information content (AvgIpc) is 2.79. The van der Waals surface area contributed by atoms with Crippen molar-refractivity contribution >= 4 is 25.7 Å². The summed E-state index contributed by atoms with van der Waals surface area (Å²) in [5, 5.41) is 0. The van der Waals surface area contributed by atoms with E-state index in [0.29, 0.717) is 18.7 Å². The molecule has 162 valence electrons. The van der Waals surface area contributed by atoms with Crippen LogP contribution in [0.3, 0.4) is 0 Å². The summed E-state index contributed by atoms with van der Waals surface area (Å²) < 4.78 is 60.8. The zero-order valence-corrected chi connectivity index (χ0v) is 18.5. The Bertz CT molecular complexity index is 1310. The fourth-order valence-corrected chi connectivity index (χ4v) is 6.25. The summed E-state index contributed by atoms with van der Waals surface area (Å²) in [7, 11) is -6.09. The van der Waals surface area contributed by atoms with Crippen LogP contribution >= 0.6 is 0 Å². The fourth-order valence-electron chi connectivity index (χ4n) is 3.59. The number of rotatable bonds is 6. The minimum Gasteiger partial charge on any atom is -0.495 e. The molecule has 0 radical (unpaired) electrons. The largest absolute Gasteiger partial charge is 0.495 e. The van der Waals surface area contributed by atoms with E-state index in [1.807, 2.05) is 6.07 Å². The third-order valence-corrected chi connectivity index (χ3v) is 8.46. The van der Waals surface area contributed by atoms with E-state index in [1.165, 1.54) is 17.5 Å². The molecule has 0 amide bonds. The number of hydrogen-bond donors (Lipinski definition) is 1. The van der Waals surface area contributed by atoms with Crippen LogP contribution in [0.15, 0.2) is 82.6 Å². The van der Waals surface area contributed by atoms with Gasteiger partial charge in [0, 0.05) is 18.8 Å². The van der Waals surface area contributed by atoms with E-state index in [-0.39, 0.29) is 22.1 Å². The maximum Gasteiger partial charge on any atom is 0.265 e. The van der Waals surface area contributed by atoms with Crippen LogP contribution in [0.5, 0.6) is 5.75 Å². The Kier molecular flexibility index (Phi) is 5.74. The number of hydrogen-bond acceptors (Lipinski definition) is 5. The summed E-state index contributed by atoms with van der Waals surface area (Å²) in [6.07, 6.45) is 0.556. The maximum atomic E-state index is 13.0. The van der Waals surface area contributed by atoms with Crippen LogP contribution in [0, 0.1) is 0 Å². The molecular formula is C22H22N2O5S2. The molecule has 31 heavy (non-hydrogen) atoms. The molecule has 9 heteroatoms. The molecule has 1 aliphatic heterocycles. The van der Waals surface area contributed by atoms with Crippen LogP contribution in [0.1, 0.15) is 11.1 Å². The zero-order valence-electron chi connectivity index (χ0n) is 16.9. The van der Waals surface area contributed by atoms with Crippen LogP contribution in [-0.2, 0) is 33.0 Å². The van der Waals surface area contributed by atoms with Gasteiger partial charge in [0.1, 0.15) is 10.6 Å². The second-order valence-electron chi connectivity index (χ2n) is 7.14. The van der Waals surface area contributed by atoms with Crippen molar-refractivity contribution in [1.29, 1.82) is 0 Å². The van der Waals surface area contributed by atoms with Gasteiger partial charge in [-0.2, -0.15) is 4.31 Å². The van der Waals surface area contributed by atoms with Gasteiger partial charge in [-0.05, 0) is 53.9 Å². The molecular weight excluding hydrogens is 436 g/mol. The van der Waals surface area contributed by atoms with Gasteiger partial charge >= 0.3 is 0 Å². The predicted octanol–water partition coefficient (Wildman–Crippen LogP) is 3.24. The number of nitrogens with one attached hydrogen (secondary N) is 1. The summed E-state index contributed by atoms with van der Waals surface area (Å²) in [6, 6.07) is 19.9. The molecule has 0 aromatic heterocycles. The van der Waals surface area contributed by atoms with Gasteiger partial charge in [-0.15, -0.1) is 0 Å². The summed E-state index contributed by atoms with van der Waals surface area (Å²) in [4.78, 5) is 0.273. The van der Waals surface area contributed by atoms with E-state index in [0.717, 1.165) is 11.1 Å². The van der Waals surface area contributed by atoms with Crippen molar-refractivity contribution < 1.29 is 21.6 Å². The van der Waals surface area contributed by atoms with Gasteiger partial charge < -0.3 is 4.74 Å². The summed E-state index contributed by atoms with van der Waals surface area (Å²) in [6.45, 7) is 0.549. The predicted molar refractivity (Wildman–Crippen MR) is 118 cm³/mol. The molecule has 0 saturated carbocycles. The topological polar surface area (TPSA) is 92.8 Å². The number of nitrogens with zero attached hydrogens (tertiary/aromatic N) is 1. The van der Waals surface area contributed by atoms with Gasteiger partial charge in [0.25, 0.3) is 10.0 Å². The lowest BCUT2D eigenvalue weighted by Gasteiger charge is -2.28. The molecule has 0 fully saturated rings. The smallest absolute Gasteiger partial charge is 0.265 e. The van der Waals surface area contributed by atoms with E-state index >= 15 is 0 Å². The first-order chi connectivity index (χ1) is 14.8. The lowest BCUT2D eigenvalue weighted by molar-refractivity contribution is 0.391. The average molecular weight is 459 g/mol. The molecule has 3 aromatic carbocycles. The Morgan fingerprint density at radius 2 is 1.58 bits per heavy atom. The summed E-state index contributed by atoms with van der Waals surface area (Å²) in [5.74, 6) is 0.244. The highest BCUT2D eigenvalue weighted by Gasteiger charge is 2.28. The van der Waals surface area contributed by atoms with Crippen molar-refractivity contribution in [3.05, 3.63) is 83.9 Å². The fraction of sp³-hybridized carbons (Fsp3) is 0.182. The number of anilines is 1. The Morgan fingerprint density at radius 3 is 2.32 bits per heavy atom. The van der Waals surface area contributed by atoms with E-state index < -0.39 is 20.0 Å². The van der Waals surface area contributed by atoms with Gasteiger partial charge in [-0.25, -0.2) is 16.8 Å². The van der Waals surface area contributed by atoms with Gasteiger partial charge in [0.05, 0.1) is 12.0 Å². The first-order valence-electron chi connectivity index (χ1n) is 9.64.